The minimum absolute atomic E-state index is 0.0990. The van der Waals surface area contributed by atoms with Gasteiger partial charge in [0, 0.05) is 33.8 Å². The molecule has 32 heavy (non-hydrogen) atoms. The highest BCUT2D eigenvalue weighted by atomic mass is 79.9. The fourth-order valence-electron chi connectivity index (χ4n) is 3.62. The van der Waals surface area contributed by atoms with Gasteiger partial charge in [-0.05, 0) is 54.8 Å². The number of nitrogens with zero attached hydrogens (tertiary/aromatic N) is 1. The predicted molar refractivity (Wildman–Crippen MR) is 125 cm³/mol. The Labute approximate surface area is 191 Å². The zero-order valence-corrected chi connectivity index (χ0v) is 18.9. The summed E-state index contributed by atoms with van der Waals surface area (Å²) < 4.78 is 11.8. The summed E-state index contributed by atoms with van der Waals surface area (Å²) in [7, 11) is 1.60. The van der Waals surface area contributed by atoms with Crippen LogP contribution in [0.15, 0.2) is 62.2 Å². The van der Waals surface area contributed by atoms with Crippen LogP contribution < -0.4 is 15.5 Å². The normalized spacial score (nSPS) is 13.3. The Hall–Kier alpha value is -3.39. The van der Waals surface area contributed by atoms with E-state index < -0.39 is 0 Å². The molecule has 0 saturated heterocycles. The van der Waals surface area contributed by atoms with Crippen LogP contribution in [0.2, 0.25) is 0 Å². The molecule has 1 aliphatic carbocycles. The van der Waals surface area contributed by atoms with E-state index in [4.69, 9.17) is 9.15 Å². The Balaban J connectivity index is 1.39. The van der Waals surface area contributed by atoms with Crippen LogP contribution in [0.1, 0.15) is 30.0 Å². The second-order valence-corrected chi connectivity index (χ2v) is 8.71. The lowest BCUT2D eigenvalue weighted by molar-refractivity contribution is -0.115. The number of rotatable bonds is 6. The molecule has 0 spiro atoms. The van der Waals surface area contributed by atoms with Crippen LogP contribution >= 0.6 is 15.9 Å². The van der Waals surface area contributed by atoms with Crippen molar-refractivity contribution in [3.8, 4) is 17.1 Å². The molecular weight excluding hydrogens is 474 g/mol. The highest BCUT2D eigenvalue weighted by Gasteiger charge is 2.25. The number of carbonyl (C=O) groups excluding carboxylic acids is 1. The molecule has 0 unspecified atom stereocenters. The Kier molecular flexibility index (Phi) is 5.30. The summed E-state index contributed by atoms with van der Waals surface area (Å²) in [6.45, 7) is 0. The summed E-state index contributed by atoms with van der Waals surface area (Å²) in [4.78, 5) is 25.3. The van der Waals surface area contributed by atoms with Crippen LogP contribution in [0.4, 0.5) is 5.82 Å². The number of fused-ring (bicyclic) bond motifs is 1. The van der Waals surface area contributed by atoms with E-state index in [2.05, 4.69) is 31.4 Å². The van der Waals surface area contributed by atoms with Crippen LogP contribution in [-0.4, -0.2) is 23.2 Å². The Morgan fingerprint density at radius 1 is 1.22 bits per heavy atom. The summed E-state index contributed by atoms with van der Waals surface area (Å²) in [6, 6.07) is 14.1. The largest absolute Gasteiger partial charge is 0.497 e. The first kappa shape index (κ1) is 20.5. The molecule has 0 bridgehead atoms. The molecule has 1 saturated carbocycles. The van der Waals surface area contributed by atoms with Gasteiger partial charge in [0.2, 0.25) is 5.91 Å². The third-order valence-corrected chi connectivity index (χ3v) is 6.24. The van der Waals surface area contributed by atoms with Crippen molar-refractivity contribution in [2.45, 2.75) is 25.2 Å². The number of ether oxygens (including phenoxy) is 1. The van der Waals surface area contributed by atoms with Crippen molar-refractivity contribution in [1.29, 1.82) is 0 Å². The van der Waals surface area contributed by atoms with Gasteiger partial charge in [-0.3, -0.25) is 14.7 Å². The van der Waals surface area contributed by atoms with Crippen molar-refractivity contribution >= 4 is 38.6 Å². The molecule has 2 aromatic carbocycles. The number of carbonyl (C=O) groups is 1. The van der Waals surface area contributed by atoms with Gasteiger partial charge in [0.25, 0.3) is 0 Å². The van der Waals surface area contributed by atoms with Crippen LogP contribution in [0, 0.1) is 0 Å². The number of halogens is 1. The molecule has 5 rings (SSSR count). The summed E-state index contributed by atoms with van der Waals surface area (Å²) in [5.41, 5.74) is 2.79. The lowest BCUT2D eigenvalue weighted by Crippen LogP contribution is -2.15. The number of aromatic nitrogens is 2. The van der Waals surface area contributed by atoms with Gasteiger partial charge in [0.05, 0.1) is 18.9 Å². The molecule has 7 nitrogen and oxygen atoms in total. The van der Waals surface area contributed by atoms with E-state index in [0.29, 0.717) is 38.5 Å². The predicted octanol–water partition coefficient (Wildman–Crippen LogP) is 5.01. The van der Waals surface area contributed by atoms with Crippen molar-refractivity contribution in [3.05, 3.63) is 74.5 Å². The second-order valence-electron chi connectivity index (χ2n) is 7.85. The second kappa shape index (κ2) is 8.27. The first-order valence-electron chi connectivity index (χ1n) is 10.3. The molecule has 1 aliphatic rings. The fraction of sp³-hybridized carbons (Fsp3) is 0.208. The average Bonchev–Trinajstić information content (AvgIpc) is 3.54. The molecule has 2 N–H and O–H groups in total. The van der Waals surface area contributed by atoms with Gasteiger partial charge < -0.3 is 14.5 Å². The SMILES string of the molecule is COc1ccc(-c2cc(=O)c3cc(CC(=O)Nc4cc(C5CC5)[nH]n4)c(Br)cc3o2)cc1. The van der Waals surface area contributed by atoms with Gasteiger partial charge >= 0.3 is 0 Å². The van der Waals surface area contributed by atoms with Crippen LogP contribution in [0.3, 0.4) is 0 Å². The third kappa shape index (κ3) is 4.18. The zero-order chi connectivity index (χ0) is 22.2. The molecule has 1 fully saturated rings. The van der Waals surface area contributed by atoms with Crippen LogP contribution in [-0.2, 0) is 11.2 Å². The molecule has 8 heteroatoms. The number of hydrogen-bond donors (Lipinski definition) is 2. The lowest BCUT2D eigenvalue weighted by atomic mass is 10.1. The smallest absolute Gasteiger partial charge is 0.230 e. The number of nitrogens with one attached hydrogen (secondary N) is 2. The number of benzene rings is 2. The van der Waals surface area contributed by atoms with E-state index in [1.54, 1.807) is 19.2 Å². The first-order valence-corrected chi connectivity index (χ1v) is 11.1. The maximum atomic E-state index is 12.8. The number of methoxy groups -OCH3 is 1. The van der Waals surface area contributed by atoms with Gasteiger partial charge in [-0.25, -0.2) is 0 Å². The molecule has 162 valence electrons. The average molecular weight is 494 g/mol. The topological polar surface area (TPSA) is 97.2 Å². The molecule has 0 radical (unpaired) electrons. The quantitative estimate of drug-likeness (QED) is 0.393. The zero-order valence-electron chi connectivity index (χ0n) is 17.3. The Morgan fingerprint density at radius 2 is 2.00 bits per heavy atom. The van der Waals surface area contributed by atoms with Gasteiger partial charge in [0.15, 0.2) is 11.2 Å². The van der Waals surface area contributed by atoms with Crippen molar-refractivity contribution in [2.24, 2.45) is 0 Å². The molecule has 0 atom stereocenters. The standard InChI is InChI=1S/C24H20BrN3O4/c1-31-16-6-4-14(5-7-16)21-12-20(29)17-8-15(18(25)10-22(17)32-21)9-24(30)26-23-11-19(27-28-23)13-2-3-13/h4-8,10-13H,2-3,9H2,1H3,(H2,26,27,28,30). The molecule has 4 aromatic rings. The Morgan fingerprint density at radius 3 is 2.72 bits per heavy atom. The number of aromatic amines is 1. The van der Waals surface area contributed by atoms with E-state index in [0.717, 1.165) is 29.8 Å². The minimum atomic E-state index is -0.210. The lowest BCUT2D eigenvalue weighted by Gasteiger charge is -2.08. The molecule has 2 aromatic heterocycles. The Bertz CT molecular complexity index is 1370. The first-order chi connectivity index (χ1) is 15.5. The fourth-order valence-corrected chi connectivity index (χ4v) is 4.08. The van der Waals surface area contributed by atoms with E-state index in [-0.39, 0.29) is 17.8 Å². The van der Waals surface area contributed by atoms with Crippen molar-refractivity contribution in [2.75, 3.05) is 12.4 Å². The number of H-pyrrole nitrogens is 1. The van der Waals surface area contributed by atoms with E-state index in [1.807, 2.05) is 30.3 Å². The highest BCUT2D eigenvalue weighted by molar-refractivity contribution is 9.10. The van der Waals surface area contributed by atoms with Crippen LogP contribution in [0.5, 0.6) is 5.75 Å². The number of amides is 1. The van der Waals surface area contributed by atoms with Gasteiger partial charge in [0.1, 0.15) is 17.1 Å². The molecule has 2 heterocycles. The van der Waals surface area contributed by atoms with Gasteiger partial charge in [-0.1, -0.05) is 15.9 Å². The van der Waals surface area contributed by atoms with Crippen molar-refractivity contribution in [3.63, 3.8) is 0 Å². The number of hydrogen-bond acceptors (Lipinski definition) is 5. The molecule has 0 aliphatic heterocycles. The maximum absolute atomic E-state index is 12.8. The monoisotopic (exact) mass is 493 g/mol. The van der Waals surface area contributed by atoms with Crippen molar-refractivity contribution < 1.29 is 13.9 Å². The summed E-state index contributed by atoms with van der Waals surface area (Å²) in [5, 5.41) is 10.4. The maximum Gasteiger partial charge on any atom is 0.230 e. The van der Waals surface area contributed by atoms with Crippen LogP contribution in [0.25, 0.3) is 22.3 Å². The van der Waals surface area contributed by atoms with Crippen molar-refractivity contribution in [1.82, 2.24) is 10.2 Å². The number of anilines is 1. The highest BCUT2D eigenvalue weighted by Crippen LogP contribution is 2.39. The molecular formula is C24H20BrN3O4. The van der Waals surface area contributed by atoms with E-state index in [9.17, 15) is 9.59 Å². The summed E-state index contributed by atoms with van der Waals surface area (Å²) in [6.07, 6.45) is 2.41. The van der Waals surface area contributed by atoms with E-state index >= 15 is 0 Å². The summed E-state index contributed by atoms with van der Waals surface area (Å²) >= 11 is 3.51. The molecule has 1 amide bonds. The van der Waals surface area contributed by atoms with Gasteiger partial charge in [-0.2, -0.15) is 5.10 Å². The minimum Gasteiger partial charge on any atom is -0.497 e. The van der Waals surface area contributed by atoms with E-state index in [1.165, 1.54) is 6.07 Å². The third-order valence-electron chi connectivity index (χ3n) is 5.50. The van der Waals surface area contributed by atoms with Gasteiger partial charge in [-0.15, -0.1) is 0 Å². The summed E-state index contributed by atoms with van der Waals surface area (Å²) in [5.74, 6) is 2.02.